The van der Waals surface area contributed by atoms with Crippen molar-refractivity contribution in [2.45, 2.75) is 25.8 Å². The standard InChI is InChI=1S/C18H23N5O2/c1-12-20-14(10-16(21-12)22(2)3)15-6-5-9-23(15)18(24)13-7-8-17(25-4)19-11-13/h7-8,10-11,15H,5-6,9H2,1-4H3/t15-/m0/s1. The van der Waals surface area contributed by atoms with Crippen LogP contribution in [0.1, 0.15) is 40.8 Å². The summed E-state index contributed by atoms with van der Waals surface area (Å²) in [7, 11) is 5.46. The van der Waals surface area contributed by atoms with Crippen molar-refractivity contribution in [2.75, 3.05) is 32.6 Å². The molecule has 1 aliphatic rings. The van der Waals surface area contributed by atoms with Crippen molar-refractivity contribution in [1.29, 1.82) is 0 Å². The number of nitrogens with zero attached hydrogens (tertiary/aromatic N) is 5. The molecule has 0 saturated carbocycles. The van der Waals surface area contributed by atoms with Gasteiger partial charge in [0.25, 0.3) is 5.91 Å². The van der Waals surface area contributed by atoms with Crippen LogP contribution in [0.2, 0.25) is 0 Å². The number of pyridine rings is 1. The van der Waals surface area contributed by atoms with E-state index in [0.717, 1.165) is 30.9 Å². The minimum absolute atomic E-state index is 0.0275. The molecule has 1 fully saturated rings. The lowest BCUT2D eigenvalue weighted by molar-refractivity contribution is 0.0732. The Labute approximate surface area is 147 Å². The molecule has 0 aliphatic carbocycles. The molecule has 3 heterocycles. The quantitative estimate of drug-likeness (QED) is 0.849. The minimum Gasteiger partial charge on any atom is -0.481 e. The van der Waals surface area contributed by atoms with Crippen LogP contribution in [0.4, 0.5) is 5.82 Å². The first-order chi connectivity index (χ1) is 12.0. The molecular weight excluding hydrogens is 318 g/mol. The Morgan fingerprint density at radius 2 is 2.12 bits per heavy atom. The highest BCUT2D eigenvalue weighted by molar-refractivity contribution is 5.94. The van der Waals surface area contributed by atoms with Gasteiger partial charge in [0.1, 0.15) is 11.6 Å². The van der Waals surface area contributed by atoms with Gasteiger partial charge >= 0.3 is 0 Å². The van der Waals surface area contributed by atoms with Crippen molar-refractivity contribution in [3.63, 3.8) is 0 Å². The Morgan fingerprint density at radius 1 is 1.32 bits per heavy atom. The number of hydrogen-bond acceptors (Lipinski definition) is 6. The van der Waals surface area contributed by atoms with E-state index < -0.39 is 0 Å². The van der Waals surface area contributed by atoms with Crippen LogP contribution in [0.25, 0.3) is 0 Å². The van der Waals surface area contributed by atoms with E-state index in [2.05, 4.69) is 15.0 Å². The second-order valence-corrected chi connectivity index (χ2v) is 6.34. The predicted molar refractivity (Wildman–Crippen MR) is 94.9 cm³/mol. The summed E-state index contributed by atoms with van der Waals surface area (Å²) in [5, 5.41) is 0. The molecule has 0 spiro atoms. The van der Waals surface area contributed by atoms with Gasteiger partial charge in [0.2, 0.25) is 5.88 Å². The van der Waals surface area contributed by atoms with Crippen LogP contribution >= 0.6 is 0 Å². The molecule has 1 saturated heterocycles. The van der Waals surface area contributed by atoms with Crippen LogP contribution in [-0.4, -0.2) is 53.5 Å². The third-order valence-electron chi connectivity index (χ3n) is 4.35. The molecule has 25 heavy (non-hydrogen) atoms. The molecular formula is C18H23N5O2. The lowest BCUT2D eigenvalue weighted by Crippen LogP contribution is -2.31. The van der Waals surface area contributed by atoms with Gasteiger partial charge < -0.3 is 14.5 Å². The van der Waals surface area contributed by atoms with E-state index in [9.17, 15) is 4.79 Å². The lowest BCUT2D eigenvalue weighted by atomic mass is 10.1. The molecule has 0 N–H and O–H groups in total. The molecule has 0 radical (unpaired) electrons. The van der Waals surface area contributed by atoms with Gasteiger partial charge in [-0.1, -0.05) is 0 Å². The van der Waals surface area contributed by atoms with E-state index in [1.807, 2.05) is 36.9 Å². The second kappa shape index (κ2) is 7.04. The van der Waals surface area contributed by atoms with E-state index in [1.54, 1.807) is 25.4 Å². The molecule has 7 heteroatoms. The molecule has 1 amide bonds. The van der Waals surface area contributed by atoms with Crippen molar-refractivity contribution >= 4 is 11.7 Å². The Bertz CT molecular complexity index is 761. The molecule has 3 rings (SSSR count). The van der Waals surface area contributed by atoms with Crippen molar-refractivity contribution in [1.82, 2.24) is 19.9 Å². The van der Waals surface area contributed by atoms with Crippen LogP contribution in [0.5, 0.6) is 5.88 Å². The lowest BCUT2D eigenvalue weighted by Gasteiger charge is -2.25. The SMILES string of the molecule is COc1ccc(C(=O)N2CCC[C@H]2c2cc(N(C)C)nc(C)n2)cn1. The molecule has 0 aromatic carbocycles. The Balaban J connectivity index is 1.88. The molecule has 132 valence electrons. The number of aryl methyl sites for hydroxylation is 1. The van der Waals surface area contributed by atoms with Crippen LogP contribution in [0.3, 0.4) is 0 Å². The largest absolute Gasteiger partial charge is 0.481 e. The molecule has 7 nitrogen and oxygen atoms in total. The number of aromatic nitrogens is 3. The molecule has 0 unspecified atom stereocenters. The van der Waals surface area contributed by atoms with E-state index in [-0.39, 0.29) is 11.9 Å². The number of carbonyl (C=O) groups is 1. The molecule has 1 aliphatic heterocycles. The average molecular weight is 341 g/mol. The zero-order valence-corrected chi connectivity index (χ0v) is 15.1. The fourth-order valence-electron chi connectivity index (χ4n) is 3.08. The highest BCUT2D eigenvalue weighted by atomic mass is 16.5. The van der Waals surface area contributed by atoms with Crippen LogP contribution in [-0.2, 0) is 0 Å². The minimum atomic E-state index is -0.0324. The van der Waals surface area contributed by atoms with Gasteiger partial charge in [-0.3, -0.25) is 4.79 Å². The van der Waals surface area contributed by atoms with Crippen molar-refractivity contribution in [3.05, 3.63) is 41.5 Å². The summed E-state index contributed by atoms with van der Waals surface area (Å²) in [6.07, 6.45) is 3.42. The normalized spacial score (nSPS) is 16.8. The van der Waals surface area contributed by atoms with Crippen molar-refractivity contribution in [3.8, 4) is 5.88 Å². The monoisotopic (exact) mass is 341 g/mol. The summed E-state index contributed by atoms with van der Waals surface area (Å²) in [6, 6.07) is 5.39. The van der Waals surface area contributed by atoms with Crippen LogP contribution in [0.15, 0.2) is 24.4 Å². The number of amides is 1. The Hall–Kier alpha value is -2.70. The van der Waals surface area contributed by atoms with Gasteiger partial charge in [-0.05, 0) is 25.8 Å². The van der Waals surface area contributed by atoms with Gasteiger partial charge in [-0.15, -0.1) is 0 Å². The zero-order valence-electron chi connectivity index (χ0n) is 15.1. The van der Waals surface area contributed by atoms with Crippen molar-refractivity contribution < 1.29 is 9.53 Å². The fourth-order valence-corrected chi connectivity index (χ4v) is 3.08. The number of carbonyl (C=O) groups excluding carboxylic acids is 1. The van der Waals surface area contributed by atoms with Crippen LogP contribution in [0, 0.1) is 6.92 Å². The summed E-state index contributed by atoms with van der Waals surface area (Å²) in [6.45, 7) is 2.60. The van der Waals surface area contributed by atoms with E-state index in [0.29, 0.717) is 17.3 Å². The van der Waals surface area contributed by atoms with E-state index in [1.165, 1.54) is 0 Å². The van der Waals surface area contributed by atoms with Gasteiger partial charge in [0.05, 0.1) is 24.4 Å². The number of hydrogen-bond donors (Lipinski definition) is 0. The maximum atomic E-state index is 12.9. The first-order valence-corrected chi connectivity index (χ1v) is 8.33. The third kappa shape index (κ3) is 3.55. The number of methoxy groups -OCH3 is 1. The second-order valence-electron chi connectivity index (χ2n) is 6.34. The third-order valence-corrected chi connectivity index (χ3v) is 4.35. The van der Waals surface area contributed by atoms with Gasteiger partial charge in [0, 0.05) is 39.0 Å². The number of likely N-dealkylation sites (tertiary alicyclic amines) is 1. The Morgan fingerprint density at radius 3 is 2.76 bits per heavy atom. The van der Waals surface area contributed by atoms with Crippen molar-refractivity contribution in [2.24, 2.45) is 0 Å². The first kappa shape index (κ1) is 17.1. The number of ether oxygens (including phenoxy) is 1. The number of anilines is 1. The van der Waals surface area contributed by atoms with E-state index in [4.69, 9.17) is 4.74 Å². The fraction of sp³-hybridized carbons (Fsp3) is 0.444. The highest BCUT2D eigenvalue weighted by Crippen LogP contribution is 2.33. The molecule has 2 aromatic heterocycles. The predicted octanol–water partition coefficient (Wildman–Crippen LogP) is 2.23. The van der Waals surface area contributed by atoms with Gasteiger partial charge in [-0.2, -0.15) is 0 Å². The molecule has 1 atom stereocenters. The summed E-state index contributed by atoms with van der Waals surface area (Å²) in [4.78, 5) is 29.9. The number of rotatable bonds is 4. The molecule has 0 bridgehead atoms. The van der Waals surface area contributed by atoms with Gasteiger partial charge in [0.15, 0.2) is 0 Å². The smallest absolute Gasteiger partial charge is 0.255 e. The van der Waals surface area contributed by atoms with E-state index >= 15 is 0 Å². The first-order valence-electron chi connectivity index (χ1n) is 8.33. The van der Waals surface area contributed by atoms with Crippen LogP contribution < -0.4 is 9.64 Å². The average Bonchev–Trinajstić information content (AvgIpc) is 3.10. The Kier molecular flexibility index (Phi) is 4.83. The topological polar surface area (TPSA) is 71.5 Å². The highest BCUT2D eigenvalue weighted by Gasteiger charge is 2.32. The zero-order chi connectivity index (χ0) is 18.0. The summed E-state index contributed by atoms with van der Waals surface area (Å²) in [5.74, 6) is 2.04. The molecule has 2 aromatic rings. The van der Waals surface area contributed by atoms with Gasteiger partial charge in [-0.25, -0.2) is 15.0 Å². The maximum Gasteiger partial charge on any atom is 0.255 e. The summed E-state index contributed by atoms with van der Waals surface area (Å²) < 4.78 is 5.06. The maximum absolute atomic E-state index is 12.9. The summed E-state index contributed by atoms with van der Waals surface area (Å²) in [5.41, 5.74) is 1.45. The summed E-state index contributed by atoms with van der Waals surface area (Å²) >= 11 is 0.